The molecule has 0 aliphatic heterocycles. The lowest BCUT2D eigenvalue weighted by Crippen LogP contribution is -2.20. The van der Waals surface area contributed by atoms with E-state index in [-0.39, 0.29) is 0 Å². The fourth-order valence-corrected chi connectivity index (χ4v) is 2.18. The van der Waals surface area contributed by atoms with Gasteiger partial charge in [0.15, 0.2) is 0 Å². The molecule has 0 radical (unpaired) electrons. The summed E-state index contributed by atoms with van der Waals surface area (Å²) >= 11 is 1.95. The Hall–Kier alpha value is -0.610. The fourth-order valence-electron chi connectivity index (χ4n) is 1.15. The van der Waals surface area contributed by atoms with Gasteiger partial charge in [0.05, 0.1) is 11.7 Å². The summed E-state index contributed by atoms with van der Waals surface area (Å²) in [6, 6.07) is 0.320. The topological polar surface area (TPSA) is 37.8 Å². The second kappa shape index (κ2) is 6.79. The Labute approximate surface area is 89.7 Å². The third kappa shape index (κ3) is 3.64. The molecule has 4 heteroatoms. The summed E-state index contributed by atoms with van der Waals surface area (Å²) in [5.41, 5.74) is 1.03. The lowest BCUT2D eigenvalue weighted by Gasteiger charge is -2.14. The highest BCUT2D eigenvalue weighted by Crippen LogP contribution is 2.15. The quantitative estimate of drug-likeness (QED) is 0.729. The highest BCUT2D eigenvalue weighted by molar-refractivity contribution is 7.99. The largest absolute Gasteiger partial charge is 0.311 e. The van der Waals surface area contributed by atoms with Gasteiger partial charge in [-0.1, -0.05) is 6.92 Å². The molecule has 1 unspecified atom stereocenters. The molecule has 0 spiro atoms. The van der Waals surface area contributed by atoms with Crippen LogP contribution >= 0.6 is 11.8 Å². The van der Waals surface area contributed by atoms with Crippen molar-refractivity contribution >= 4 is 11.8 Å². The van der Waals surface area contributed by atoms with Crippen LogP contribution in [0.4, 0.5) is 0 Å². The van der Waals surface area contributed by atoms with E-state index in [9.17, 15) is 0 Å². The van der Waals surface area contributed by atoms with E-state index < -0.39 is 0 Å². The molecule has 14 heavy (non-hydrogen) atoms. The third-order valence-corrected chi connectivity index (χ3v) is 3.19. The number of hydrogen-bond donors (Lipinski definition) is 1. The van der Waals surface area contributed by atoms with Gasteiger partial charge in [-0.25, -0.2) is 0 Å². The number of thioether (sulfide) groups is 1. The van der Waals surface area contributed by atoms with Gasteiger partial charge < -0.3 is 5.32 Å². The fraction of sp³-hybridized carbons (Fsp3) is 0.600. The van der Waals surface area contributed by atoms with Crippen LogP contribution in [-0.2, 0) is 0 Å². The van der Waals surface area contributed by atoms with Gasteiger partial charge in [0.2, 0.25) is 0 Å². The molecule has 0 amide bonds. The van der Waals surface area contributed by atoms with Crippen molar-refractivity contribution in [2.24, 2.45) is 0 Å². The van der Waals surface area contributed by atoms with Crippen molar-refractivity contribution < 1.29 is 0 Å². The summed E-state index contributed by atoms with van der Waals surface area (Å²) in [6.45, 7) is 2.20. The second-order valence-corrected chi connectivity index (χ2v) is 4.20. The summed E-state index contributed by atoms with van der Waals surface area (Å²) in [6.07, 6.45) is 6.49. The Morgan fingerprint density at radius 3 is 2.93 bits per heavy atom. The van der Waals surface area contributed by atoms with Gasteiger partial charge in [0.1, 0.15) is 0 Å². The van der Waals surface area contributed by atoms with E-state index in [1.165, 1.54) is 12.2 Å². The predicted molar refractivity (Wildman–Crippen MR) is 61.4 cm³/mol. The van der Waals surface area contributed by atoms with Crippen LogP contribution in [0.1, 0.15) is 25.1 Å². The average Bonchev–Trinajstić information content (AvgIpc) is 2.26. The lowest BCUT2D eigenvalue weighted by atomic mass is 10.2. The molecule has 0 aliphatic rings. The van der Waals surface area contributed by atoms with Gasteiger partial charge in [-0.15, -0.1) is 0 Å². The van der Waals surface area contributed by atoms with Crippen LogP contribution in [0.25, 0.3) is 0 Å². The standard InChI is InChI=1S/C10H17N3S/c1-3-6-14-8-10(11-2)9-7-12-4-5-13-9/h4-5,7,10-11H,3,6,8H2,1-2H3. The minimum atomic E-state index is 0.320. The number of nitrogens with one attached hydrogen (secondary N) is 1. The van der Waals surface area contributed by atoms with Crippen LogP contribution in [0, 0.1) is 0 Å². The molecule has 1 heterocycles. The summed E-state index contributed by atoms with van der Waals surface area (Å²) in [5, 5.41) is 3.25. The summed E-state index contributed by atoms with van der Waals surface area (Å²) in [7, 11) is 1.96. The Balaban J connectivity index is 2.46. The Bertz CT molecular complexity index is 240. The zero-order chi connectivity index (χ0) is 10.2. The molecule has 1 rings (SSSR count). The maximum atomic E-state index is 4.29. The van der Waals surface area contributed by atoms with Crippen molar-refractivity contribution in [3.8, 4) is 0 Å². The van der Waals surface area contributed by atoms with Crippen LogP contribution in [0.2, 0.25) is 0 Å². The zero-order valence-corrected chi connectivity index (χ0v) is 9.55. The highest BCUT2D eigenvalue weighted by Gasteiger charge is 2.09. The summed E-state index contributed by atoms with van der Waals surface area (Å²) < 4.78 is 0. The van der Waals surface area contributed by atoms with E-state index in [2.05, 4.69) is 22.2 Å². The monoisotopic (exact) mass is 211 g/mol. The second-order valence-electron chi connectivity index (χ2n) is 3.05. The molecule has 0 aliphatic carbocycles. The lowest BCUT2D eigenvalue weighted by molar-refractivity contribution is 0.638. The maximum Gasteiger partial charge on any atom is 0.0764 e. The van der Waals surface area contributed by atoms with Crippen molar-refractivity contribution in [3.63, 3.8) is 0 Å². The van der Waals surface area contributed by atoms with Gasteiger partial charge >= 0.3 is 0 Å². The summed E-state index contributed by atoms with van der Waals surface area (Å²) in [5.74, 6) is 2.27. The van der Waals surface area contributed by atoms with Gasteiger partial charge in [0.25, 0.3) is 0 Å². The molecule has 0 saturated heterocycles. The minimum absolute atomic E-state index is 0.320. The van der Waals surface area contributed by atoms with Crippen LogP contribution < -0.4 is 5.32 Å². The van der Waals surface area contributed by atoms with Gasteiger partial charge in [-0.3, -0.25) is 9.97 Å². The SMILES string of the molecule is CCCSCC(NC)c1cnccn1. The van der Waals surface area contributed by atoms with Crippen molar-refractivity contribution in [3.05, 3.63) is 24.3 Å². The minimum Gasteiger partial charge on any atom is -0.311 e. The number of rotatable bonds is 6. The first kappa shape index (κ1) is 11.5. The molecule has 0 bridgehead atoms. The number of nitrogens with zero attached hydrogens (tertiary/aromatic N) is 2. The smallest absolute Gasteiger partial charge is 0.0764 e. The Kier molecular flexibility index (Phi) is 5.56. The first-order valence-corrected chi connectivity index (χ1v) is 6.04. The molecular weight excluding hydrogens is 194 g/mol. The Morgan fingerprint density at radius 1 is 1.50 bits per heavy atom. The normalized spacial score (nSPS) is 12.7. The van der Waals surface area contributed by atoms with E-state index >= 15 is 0 Å². The first-order chi connectivity index (χ1) is 6.88. The van der Waals surface area contributed by atoms with Crippen molar-refractivity contribution in [1.29, 1.82) is 0 Å². The van der Waals surface area contributed by atoms with Crippen LogP contribution in [0.5, 0.6) is 0 Å². The van der Waals surface area contributed by atoms with E-state index in [4.69, 9.17) is 0 Å². The van der Waals surface area contributed by atoms with Gasteiger partial charge in [-0.05, 0) is 19.2 Å². The summed E-state index contributed by atoms with van der Waals surface area (Å²) in [4.78, 5) is 8.36. The van der Waals surface area contributed by atoms with E-state index in [1.54, 1.807) is 12.4 Å². The van der Waals surface area contributed by atoms with Crippen molar-refractivity contribution in [2.45, 2.75) is 19.4 Å². The highest BCUT2D eigenvalue weighted by atomic mass is 32.2. The van der Waals surface area contributed by atoms with Crippen LogP contribution in [0.3, 0.4) is 0 Å². The molecule has 1 atom stereocenters. The van der Waals surface area contributed by atoms with Gasteiger partial charge in [-0.2, -0.15) is 11.8 Å². The van der Waals surface area contributed by atoms with Gasteiger partial charge in [0, 0.05) is 24.3 Å². The number of aromatic nitrogens is 2. The molecule has 1 N–H and O–H groups in total. The third-order valence-electron chi connectivity index (χ3n) is 1.92. The molecule has 0 saturated carbocycles. The molecular formula is C10H17N3S. The molecule has 78 valence electrons. The van der Waals surface area contributed by atoms with Crippen molar-refractivity contribution in [2.75, 3.05) is 18.6 Å². The Morgan fingerprint density at radius 2 is 2.36 bits per heavy atom. The van der Waals surface area contributed by atoms with E-state index in [1.807, 2.05) is 25.0 Å². The molecule has 0 aromatic carbocycles. The van der Waals surface area contributed by atoms with E-state index in [0.29, 0.717) is 6.04 Å². The average molecular weight is 211 g/mol. The molecule has 0 fully saturated rings. The zero-order valence-electron chi connectivity index (χ0n) is 8.73. The van der Waals surface area contributed by atoms with E-state index in [0.717, 1.165) is 11.4 Å². The van der Waals surface area contributed by atoms with Crippen molar-refractivity contribution in [1.82, 2.24) is 15.3 Å². The molecule has 1 aromatic rings. The molecule has 1 aromatic heterocycles. The number of hydrogen-bond acceptors (Lipinski definition) is 4. The predicted octanol–water partition coefficient (Wildman–Crippen LogP) is 1.88. The van der Waals surface area contributed by atoms with Crippen LogP contribution in [0.15, 0.2) is 18.6 Å². The first-order valence-electron chi connectivity index (χ1n) is 4.89. The maximum absolute atomic E-state index is 4.29. The van der Waals surface area contributed by atoms with Crippen LogP contribution in [-0.4, -0.2) is 28.5 Å². The molecule has 3 nitrogen and oxygen atoms in total.